The highest BCUT2D eigenvalue weighted by molar-refractivity contribution is 6.31. The second-order valence-corrected chi connectivity index (χ2v) is 3.20. The Morgan fingerprint density at radius 1 is 1.57 bits per heavy atom. The molecule has 0 aliphatic heterocycles. The zero-order valence-corrected chi connectivity index (χ0v) is 8.71. The van der Waals surface area contributed by atoms with Gasteiger partial charge in [0.2, 0.25) is 0 Å². The fourth-order valence-electron chi connectivity index (χ4n) is 1.04. The highest BCUT2D eigenvalue weighted by atomic mass is 35.5. The molecule has 0 aromatic heterocycles. The molecule has 1 aromatic rings. The van der Waals surface area contributed by atoms with Crippen molar-refractivity contribution in [2.45, 2.75) is 0 Å². The second kappa shape index (κ2) is 4.30. The number of halogens is 1. The lowest BCUT2D eigenvalue weighted by molar-refractivity contribution is 0.0792. The van der Waals surface area contributed by atoms with Crippen molar-refractivity contribution in [1.29, 1.82) is 0 Å². The number of nitrogens with two attached hydrogens (primary N) is 1. The molecule has 0 bridgehead atoms. The van der Waals surface area contributed by atoms with Gasteiger partial charge in [-0.1, -0.05) is 11.6 Å². The zero-order valence-electron chi connectivity index (χ0n) is 7.95. The number of carbonyl (C=O) groups excluding carboxylic acids is 1. The van der Waals surface area contributed by atoms with E-state index >= 15 is 0 Å². The lowest BCUT2D eigenvalue weighted by atomic mass is 10.2. The predicted molar refractivity (Wildman–Crippen MR) is 54.3 cm³/mol. The highest BCUT2D eigenvalue weighted by Crippen LogP contribution is 2.23. The fraction of sp³-hybridized carbons (Fsp3) is 0.222. The maximum absolute atomic E-state index is 11.5. The summed E-state index contributed by atoms with van der Waals surface area (Å²) in [6.07, 6.45) is 0. The van der Waals surface area contributed by atoms with Crippen LogP contribution < -0.4 is 10.6 Å². The van der Waals surface area contributed by atoms with Crippen molar-refractivity contribution in [3.8, 4) is 5.75 Å². The van der Waals surface area contributed by atoms with E-state index in [0.29, 0.717) is 16.3 Å². The molecule has 5 heteroatoms. The van der Waals surface area contributed by atoms with E-state index in [-0.39, 0.29) is 5.91 Å². The van der Waals surface area contributed by atoms with E-state index in [1.165, 1.54) is 20.2 Å². The number of hydrazine groups is 1. The van der Waals surface area contributed by atoms with Crippen molar-refractivity contribution in [2.75, 3.05) is 14.2 Å². The van der Waals surface area contributed by atoms with E-state index in [1.807, 2.05) is 0 Å². The van der Waals surface area contributed by atoms with Gasteiger partial charge in [0.25, 0.3) is 5.91 Å². The molecule has 0 heterocycles. The van der Waals surface area contributed by atoms with Crippen molar-refractivity contribution in [3.05, 3.63) is 28.8 Å². The third kappa shape index (κ3) is 2.16. The van der Waals surface area contributed by atoms with Crippen molar-refractivity contribution in [3.63, 3.8) is 0 Å². The first-order valence-corrected chi connectivity index (χ1v) is 4.30. The Labute approximate surface area is 87.2 Å². The molecule has 1 rings (SSSR count). The lowest BCUT2D eigenvalue weighted by Crippen LogP contribution is -2.33. The topological polar surface area (TPSA) is 55.6 Å². The summed E-state index contributed by atoms with van der Waals surface area (Å²) in [6, 6.07) is 4.79. The molecule has 2 N–H and O–H groups in total. The minimum Gasteiger partial charge on any atom is -0.496 e. The maximum atomic E-state index is 11.5. The number of hydrogen-bond acceptors (Lipinski definition) is 3. The first-order chi connectivity index (χ1) is 6.56. The Kier molecular flexibility index (Phi) is 3.33. The maximum Gasteiger partial charge on any atom is 0.271 e. The van der Waals surface area contributed by atoms with Gasteiger partial charge < -0.3 is 4.74 Å². The highest BCUT2D eigenvalue weighted by Gasteiger charge is 2.14. The van der Waals surface area contributed by atoms with Gasteiger partial charge in [0, 0.05) is 12.1 Å². The standard InChI is InChI=1S/C9H11ClN2O2/c1-12(11)9(13)7-5-6(10)3-4-8(7)14-2/h3-5H,11H2,1-2H3. The van der Waals surface area contributed by atoms with Crippen LogP contribution in [0.3, 0.4) is 0 Å². The van der Waals surface area contributed by atoms with Gasteiger partial charge in [-0.15, -0.1) is 0 Å². The third-order valence-corrected chi connectivity index (χ3v) is 1.95. The molecule has 0 aliphatic rings. The minimum absolute atomic E-state index is 0.343. The van der Waals surface area contributed by atoms with Crippen LogP contribution in [0.25, 0.3) is 0 Å². The Morgan fingerprint density at radius 3 is 2.71 bits per heavy atom. The smallest absolute Gasteiger partial charge is 0.271 e. The first-order valence-electron chi connectivity index (χ1n) is 3.92. The lowest BCUT2D eigenvalue weighted by Gasteiger charge is -2.12. The molecule has 0 unspecified atom stereocenters. The van der Waals surface area contributed by atoms with Crippen LogP contribution in [0.2, 0.25) is 5.02 Å². The molecule has 0 saturated carbocycles. The Balaban J connectivity index is 3.17. The van der Waals surface area contributed by atoms with E-state index in [0.717, 1.165) is 5.01 Å². The van der Waals surface area contributed by atoms with E-state index in [4.69, 9.17) is 22.2 Å². The molecule has 14 heavy (non-hydrogen) atoms. The quantitative estimate of drug-likeness (QED) is 0.459. The number of benzene rings is 1. The summed E-state index contributed by atoms with van der Waals surface area (Å²) in [6.45, 7) is 0. The van der Waals surface area contributed by atoms with Crippen LogP contribution in [0.15, 0.2) is 18.2 Å². The SMILES string of the molecule is COc1ccc(Cl)cc1C(=O)N(C)N. The molecular formula is C9H11ClN2O2. The minimum atomic E-state index is -0.343. The van der Waals surface area contributed by atoms with Gasteiger partial charge in [-0.3, -0.25) is 9.80 Å². The van der Waals surface area contributed by atoms with Gasteiger partial charge in [-0.05, 0) is 18.2 Å². The molecule has 1 amide bonds. The van der Waals surface area contributed by atoms with Gasteiger partial charge in [-0.25, -0.2) is 5.84 Å². The van der Waals surface area contributed by atoms with Crippen LogP contribution in [-0.4, -0.2) is 25.1 Å². The summed E-state index contributed by atoms with van der Waals surface area (Å²) in [5, 5.41) is 1.45. The summed E-state index contributed by atoms with van der Waals surface area (Å²) >= 11 is 5.76. The van der Waals surface area contributed by atoms with Crippen LogP contribution in [0.5, 0.6) is 5.75 Å². The van der Waals surface area contributed by atoms with Crippen LogP contribution in [0, 0.1) is 0 Å². The van der Waals surface area contributed by atoms with Crippen LogP contribution in [0.1, 0.15) is 10.4 Å². The Bertz CT molecular complexity index is 353. The summed E-state index contributed by atoms with van der Waals surface area (Å²) < 4.78 is 5.01. The van der Waals surface area contributed by atoms with Crippen molar-refractivity contribution >= 4 is 17.5 Å². The number of rotatable bonds is 2. The van der Waals surface area contributed by atoms with E-state index in [9.17, 15) is 4.79 Å². The average Bonchev–Trinajstić information content (AvgIpc) is 2.16. The molecule has 76 valence electrons. The summed E-state index contributed by atoms with van der Waals surface area (Å²) in [5.74, 6) is 5.44. The number of amides is 1. The largest absolute Gasteiger partial charge is 0.496 e. The van der Waals surface area contributed by atoms with E-state index in [2.05, 4.69) is 0 Å². The van der Waals surface area contributed by atoms with Gasteiger partial charge in [0.15, 0.2) is 0 Å². The monoisotopic (exact) mass is 214 g/mol. The molecular weight excluding hydrogens is 204 g/mol. The molecule has 0 spiro atoms. The van der Waals surface area contributed by atoms with Crippen LogP contribution in [0.4, 0.5) is 0 Å². The second-order valence-electron chi connectivity index (χ2n) is 2.76. The van der Waals surface area contributed by atoms with Gasteiger partial charge in [-0.2, -0.15) is 0 Å². The summed E-state index contributed by atoms with van der Waals surface area (Å²) in [4.78, 5) is 11.5. The normalized spacial score (nSPS) is 9.71. The van der Waals surface area contributed by atoms with Gasteiger partial charge >= 0.3 is 0 Å². The molecule has 4 nitrogen and oxygen atoms in total. The van der Waals surface area contributed by atoms with E-state index < -0.39 is 0 Å². The van der Waals surface area contributed by atoms with Crippen molar-refractivity contribution in [2.24, 2.45) is 5.84 Å². The van der Waals surface area contributed by atoms with Gasteiger partial charge in [0.1, 0.15) is 5.75 Å². The Hall–Kier alpha value is -1.26. The zero-order chi connectivity index (χ0) is 10.7. The Morgan fingerprint density at radius 2 is 2.21 bits per heavy atom. The number of nitrogens with zero attached hydrogens (tertiary/aromatic N) is 1. The van der Waals surface area contributed by atoms with Crippen molar-refractivity contribution < 1.29 is 9.53 Å². The van der Waals surface area contributed by atoms with Crippen LogP contribution >= 0.6 is 11.6 Å². The molecule has 1 aromatic carbocycles. The fourth-order valence-corrected chi connectivity index (χ4v) is 1.21. The predicted octanol–water partition coefficient (Wildman–Crippen LogP) is 1.29. The average molecular weight is 215 g/mol. The summed E-state index contributed by atoms with van der Waals surface area (Å²) in [5.41, 5.74) is 0.352. The first kappa shape index (κ1) is 10.8. The summed E-state index contributed by atoms with van der Waals surface area (Å²) in [7, 11) is 2.94. The number of ether oxygens (including phenoxy) is 1. The van der Waals surface area contributed by atoms with Crippen LogP contribution in [-0.2, 0) is 0 Å². The number of methoxy groups -OCH3 is 1. The molecule has 0 saturated heterocycles. The molecule has 0 aliphatic carbocycles. The third-order valence-electron chi connectivity index (χ3n) is 1.71. The molecule has 0 atom stereocenters. The van der Waals surface area contributed by atoms with E-state index in [1.54, 1.807) is 12.1 Å². The van der Waals surface area contributed by atoms with Gasteiger partial charge in [0.05, 0.1) is 12.7 Å². The number of hydrogen-bond donors (Lipinski definition) is 1. The molecule has 0 radical (unpaired) electrons. The van der Waals surface area contributed by atoms with Crippen molar-refractivity contribution in [1.82, 2.24) is 5.01 Å². The molecule has 0 fully saturated rings. The number of carbonyl (C=O) groups is 1.